The minimum absolute atomic E-state index is 0.203. The molecule has 0 aliphatic carbocycles. The molecule has 1 unspecified atom stereocenters. The average molecular weight is 188 g/mol. The summed E-state index contributed by atoms with van der Waals surface area (Å²) < 4.78 is 9.77. The van der Waals surface area contributed by atoms with Gasteiger partial charge in [-0.1, -0.05) is 6.08 Å². The van der Waals surface area contributed by atoms with E-state index in [2.05, 4.69) is 6.58 Å². The van der Waals surface area contributed by atoms with Gasteiger partial charge >= 0.3 is 0 Å². The molecule has 0 spiro atoms. The van der Waals surface area contributed by atoms with Crippen LogP contribution in [-0.2, 0) is 14.3 Å². The molecular formula is C8H16N2O3. The summed E-state index contributed by atoms with van der Waals surface area (Å²) in [5.41, 5.74) is 9.50. The van der Waals surface area contributed by atoms with Gasteiger partial charge in [-0.3, -0.25) is 4.79 Å². The van der Waals surface area contributed by atoms with E-state index < -0.39 is 17.7 Å². The Balaban J connectivity index is 4.73. The number of hydrogen-bond acceptors (Lipinski definition) is 4. The third-order valence-corrected chi connectivity index (χ3v) is 1.79. The smallest absolute Gasteiger partial charge is 0.243 e. The van der Waals surface area contributed by atoms with E-state index >= 15 is 0 Å². The predicted molar refractivity (Wildman–Crippen MR) is 48.7 cm³/mol. The molecule has 0 radical (unpaired) electrons. The van der Waals surface area contributed by atoms with Crippen LogP contribution in [0.3, 0.4) is 0 Å². The SMILES string of the molecule is C=CCC(N)(C(N)=O)C(OC)OC. The van der Waals surface area contributed by atoms with Gasteiger partial charge in [-0.2, -0.15) is 0 Å². The van der Waals surface area contributed by atoms with Crippen LogP contribution in [-0.4, -0.2) is 32.0 Å². The first-order valence-electron chi connectivity index (χ1n) is 3.78. The summed E-state index contributed by atoms with van der Waals surface area (Å²) in [7, 11) is 2.78. The fourth-order valence-corrected chi connectivity index (χ4v) is 1.07. The number of hydrogen-bond donors (Lipinski definition) is 2. The molecule has 0 aromatic heterocycles. The van der Waals surface area contributed by atoms with Crippen LogP contribution in [0.5, 0.6) is 0 Å². The van der Waals surface area contributed by atoms with Gasteiger partial charge in [0.25, 0.3) is 0 Å². The van der Waals surface area contributed by atoms with Gasteiger partial charge in [0.05, 0.1) is 0 Å². The van der Waals surface area contributed by atoms with E-state index in [4.69, 9.17) is 20.9 Å². The summed E-state index contributed by atoms with van der Waals surface area (Å²) in [5.74, 6) is -0.680. The Morgan fingerprint density at radius 3 is 2.31 bits per heavy atom. The minimum atomic E-state index is -1.36. The molecule has 76 valence electrons. The van der Waals surface area contributed by atoms with E-state index in [1.54, 1.807) is 0 Å². The van der Waals surface area contributed by atoms with E-state index in [9.17, 15) is 4.79 Å². The Labute approximate surface area is 77.7 Å². The molecule has 0 aliphatic rings. The molecular weight excluding hydrogens is 172 g/mol. The van der Waals surface area contributed by atoms with Crippen molar-refractivity contribution < 1.29 is 14.3 Å². The zero-order valence-electron chi connectivity index (χ0n) is 7.95. The number of ether oxygens (including phenoxy) is 2. The Kier molecular flexibility index (Phi) is 4.61. The van der Waals surface area contributed by atoms with Gasteiger partial charge in [-0.15, -0.1) is 6.58 Å². The van der Waals surface area contributed by atoms with Crippen molar-refractivity contribution in [2.75, 3.05) is 14.2 Å². The van der Waals surface area contributed by atoms with Crippen molar-refractivity contribution >= 4 is 5.91 Å². The maximum Gasteiger partial charge on any atom is 0.243 e. The Morgan fingerprint density at radius 2 is 2.08 bits per heavy atom. The van der Waals surface area contributed by atoms with Crippen molar-refractivity contribution in [1.29, 1.82) is 0 Å². The van der Waals surface area contributed by atoms with Crippen molar-refractivity contribution in [3.8, 4) is 0 Å². The summed E-state index contributed by atoms with van der Waals surface area (Å²) in [6.07, 6.45) is 0.841. The molecule has 0 rings (SSSR count). The molecule has 0 saturated heterocycles. The molecule has 0 saturated carbocycles. The summed E-state index contributed by atoms with van der Waals surface area (Å²) in [5, 5.41) is 0. The van der Waals surface area contributed by atoms with E-state index in [1.165, 1.54) is 20.3 Å². The molecule has 0 aliphatic heterocycles. The quantitative estimate of drug-likeness (QED) is 0.429. The van der Waals surface area contributed by atoms with Crippen molar-refractivity contribution in [3.63, 3.8) is 0 Å². The van der Waals surface area contributed by atoms with Gasteiger partial charge in [0, 0.05) is 14.2 Å². The van der Waals surface area contributed by atoms with Gasteiger partial charge in [-0.25, -0.2) is 0 Å². The fraction of sp³-hybridized carbons (Fsp3) is 0.625. The van der Waals surface area contributed by atoms with Gasteiger partial charge in [0.15, 0.2) is 6.29 Å². The Morgan fingerprint density at radius 1 is 1.62 bits per heavy atom. The molecule has 1 atom stereocenters. The first kappa shape index (κ1) is 12.1. The summed E-state index contributed by atoms with van der Waals surface area (Å²) >= 11 is 0. The minimum Gasteiger partial charge on any atom is -0.368 e. The zero-order chi connectivity index (χ0) is 10.5. The van der Waals surface area contributed by atoms with E-state index in [-0.39, 0.29) is 6.42 Å². The van der Waals surface area contributed by atoms with Crippen LogP contribution >= 0.6 is 0 Å². The summed E-state index contributed by atoms with van der Waals surface area (Å²) in [4.78, 5) is 11.1. The molecule has 0 heterocycles. The topological polar surface area (TPSA) is 87.6 Å². The van der Waals surface area contributed by atoms with Gasteiger partial charge in [0.2, 0.25) is 5.91 Å². The third kappa shape index (κ3) is 2.51. The second kappa shape index (κ2) is 4.96. The molecule has 0 aromatic carbocycles. The van der Waals surface area contributed by atoms with Crippen molar-refractivity contribution in [2.45, 2.75) is 18.2 Å². The molecule has 5 nitrogen and oxygen atoms in total. The van der Waals surface area contributed by atoms with Gasteiger partial charge in [-0.05, 0) is 6.42 Å². The van der Waals surface area contributed by atoms with E-state index in [0.29, 0.717) is 0 Å². The van der Waals surface area contributed by atoms with E-state index in [1.807, 2.05) is 0 Å². The first-order chi connectivity index (χ1) is 6.02. The van der Waals surface area contributed by atoms with Crippen LogP contribution in [0, 0.1) is 0 Å². The fourth-order valence-electron chi connectivity index (χ4n) is 1.07. The molecule has 5 heteroatoms. The number of methoxy groups -OCH3 is 2. The number of nitrogens with two attached hydrogens (primary N) is 2. The van der Waals surface area contributed by atoms with Crippen LogP contribution in [0.15, 0.2) is 12.7 Å². The van der Waals surface area contributed by atoms with Crippen LogP contribution in [0.2, 0.25) is 0 Å². The molecule has 1 amide bonds. The number of rotatable bonds is 6. The highest BCUT2D eigenvalue weighted by Gasteiger charge is 2.40. The molecule has 0 bridgehead atoms. The number of carbonyl (C=O) groups excluding carboxylic acids is 1. The van der Waals surface area contributed by atoms with Crippen molar-refractivity contribution in [2.24, 2.45) is 11.5 Å². The number of carbonyl (C=O) groups is 1. The number of primary amides is 1. The normalized spacial score (nSPS) is 15.4. The zero-order valence-corrected chi connectivity index (χ0v) is 7.95. The molecule has 0 fully saturated rings. The maximum absolute atomic E-state index is 11.1. The van der Waals surface area contributed by atoms with Crippen LogP contribution in [0.25, 0.3) is 0 Å². The number of amides is 1. The van der Waals surface area contributed by atoms with E-state index in [0.717, 1.165) is 0 Å². The highest BCUT2D eigenvalue weighted by molar-refractivity contribution is 5.85. The van der Waals surface area contributed by atoms with Crippen molar-refractivity contribution in [1.82, 2.24) is 0 Å². The lowest BCUT2D eigenvalue weighted by Crippen LogP contribution is -2.61. The Hall–Kier alpha value is -0.910. The average Bonchev–Trinajstić information content (AvgIpc) is 2.06. The van der Waals surface area contributed by atoms with Crippen LogP contribution in [0.1, 0.15) is 6.42 Å². The molecule has 0 aromatic rings. The van der Waals surface area contributed by atoms with Crippen LogP contribution < -0.4 is 11.5 Å². The van der Waals surface area contributed by atoms with Crippen molar-refractivity contribution in [3.05, 3.63) is 12.7 Å². The standard InChI is InChI=1S/C8H16N2O3/c1-4-5-8(10,6(9)11)7(12-2)13-3/h4,7H,1,5,10H2,2-3H3,(H2,9,11). The maximum atomic E-state index is 11.1. The lowest BCUT2D eigenvalue weighted by molar-refractivity contribution is -0.161. The monoisotopic (exact) mass is 188 g/mol. The Bertz CT molecular complexity index is 192. The first-order valence-corrected chi connectivity index (χ1v) is 3.78. The second-order valence-electron chi connectivity index (χ2n) is 2.70. The third-order valence-electron chi connectivity index (χ3n) is 1.79. The van der Waals surface area contributed by atoms with Gasteiger partial charge in [0.1, 0.15) is 5.54 Å². The highest BCUT2D eigenvalue weighted by atomic mass is 16.7. The largest absolute Gasteiger partial charge is 0.368 e. The lowest BCUT2D eigenvalue weighted by Gasteiger charge is -2.31. The highest BCUT2D eigenvalue weighted by Crippen LogP contribution is 2.15. The summed E-state index contributed by atoms with van der Waals surface area (Å²) in [6.45, 7) is 3.48. The lowest BCUT2D eigenvalue weighted by atomic mass is 9.95. The molecule has 13 heavy (non-hydrogen) atoms. The van der Waals surface area contributed by atoms with Crippen LogP contribution in [0.4, 0.5) is 0 Å². The summed E-state index contributed by atoms with van der Waals surface area (Å²) in [6, 6.07) is 0. The molecule has 4 N–H and O–H groups in total. The van der Waals surface area contributed by atoms with Gasteiger partial charge < -0.3 is 20.9 Å². The second-order valence-corrected chi connectivity index (χ2v) is 2.70. The predicted octanol–water partition coefficient (Wildman–Crippen LogP) is -0.636.